The summed E-state index contributed by atoms with van der Waals surface area (Å²) >= 11 is 6.60. The van der Waals surface area contributed by atoms with E-state index in [1.807, 2.05) is 62.4 Å². The zero-order chi connectivity index (χ0) is 26.2. The summed E-state index contributed by atoms with van der Waals surface area (Å²) in [5.41, 5.74) is 1.66. The first-order valence-corrected chi connectivity index (χ1v) is 14.6. The van der Waals surface area contributed by atoms with Gasteiger partial charge in [-0.05, 0) is 62.3 Å². The molecule has 0 saturated carbocycles. The predicted octanol–water partition coefficient (Wildman–Crippen LogP) is 5.44. The van der Waals surface area contributed by atoms with Crippen molar-refractivity contribution in [3.05, 3.63) is 65.6 Å². The average Bonchev–Trinajstić information content (AvgIpc) is 2.88. The molecule has 1 aliphatic heterocycles. The molecular formula is C27H30ClN5O3S. The van der Waals surface area contributed by atoms with Crippen molar-refractivity contribution in [2.75, 3.05) is 24.7 Å². The highest BCUT2D eigenvalue weighted by molar-refractivity contribution is 7.88. The molecule has 0 bridgehead atoms. The van der Waals surface area contributed by atoms with Crippen LogP contribution in [0.25, 0.3) is 21.7 Å². The van der Waals surface area contributed by atoms with Crippen molar-refractivity contribution in [1.29, 1.82) is 0 Å². The van der Waals surface area contributed by atoms with E-state index in [1.165, 1.54) is 10.6 Å². The van der Waals surface area contributed by atoms with Gasteiger partial charge in [0.05, 0.1) is 33.9 Å². The number of piperidine rings is 1. The van der Waals surface area contributed by atoms with E-state index in [2.05, 4.69) is 15.3 Å². The van der Waals surface area contributed by atoms with Crippen LogP contribution >= 0.6 is 11.6 Å². The average molecular weight is 540 g/mol. The number of pyridine rings is 1. The Hall–Kier alpha value is -3.01. The van der Waals surface area contributed by atoms with Crippen LogP contribution in [0.3, 0.4) is 0 Å². The number of nitrogens with one attached hydrogen (secondary N) is 1. The van der Waals surface area contributed by atoms with Crippen molar-refractivity contribution in [2.45, 2.75) is 38.8 Å². The van der Waals surface area contributed by atoms with Gasteiger partial charge in [-0.15, -0.1) is 0 Å². The number of hydrogen-bond donors (Lipinski definition) is 1. The lowest BCUT2D eigenvalue weighted by Gasteiger charge is -2.33. The van der Waals surface area contributed by atoms with E-state index in [4.69, 9.17) is 21.3 Å². The van der Waals surface area contributed by atoms with Gasteiger partial charge in [-0.1, -0.05) is 35.9 Å². The van der Waals surface area contributed by atoms with Crippen LogP contribution < -0.4 is 10.1 Å². The van der Waals surface area contributed by atoms with Crippen molar-refractivity contribution < 1.29 is 13.2 Å². The van der Waals surface area contributed by atoms with Gasteiger partial charge in [0.25, 0.3) is 0 Å². The molecule has 0 aliphatic carbocycles. The third kappa shape index (κ3) is 5.49. The second kappa shape index (κ2) is 10.4. The molecular weight excluding hydrogens is 510 g/mol. The van der Waals surface area contributed by atoms with Crippen LogP contribution in [0.5, 0.6) is 5.88 Å². The fourth-order valence-electron chi connectivity index (χ4n) is 4.91. The van der Waals surface area contributed by atoms with Crippen LogP contribution in [0, 0.1) is 5.92 Å². The van der Waals surface area contributed by atoms with Gasteiger partial charge in [0.15, 0.2) is 0 Å². The zero-order valence-electron chi connectivity index (χ0n) is 21.1. The minimum Gasteiger partial charge on any atom is -0.474 e. The number of nitrogens with zero attached hydrogens (tertiary/aromatic N) is 4. The van der Waals surface area contributed by atoms with Gasteiger partial charge in [-0.3, -0.25) is 0 Å². The van der Waals surface area contributed by atoms with E-state index in [0.29, 0.717) is 24.0 Å². The van der Waals surface area contributed by atoms with Crippen molar-refractivity contribution in [3.8, 4) is 5.88 Å². The Morgan fingerprint density at radius 2 is 1.84 bits per heavy atom. The van der Waals surface area contributed by atoms with Gasteiger partial charge in [0, 0.05) is 18.5 Å². The molecule has 2 aromatic carbocycles. The van der Waals surface area contributed by atoms with Gasteiger partial charge in [0.1, 0.15) is 18.2 Å². The number of rotatable bonds is 7. The lowest BCUT2D eigenvalue weighted by atomic mass is 9.93. The van der Waals surface area contributed by atoms with E-state index in [0.717, 1.165) is 46.0 Å². The van der Waals surface area contributed by atoms with Crippen molar-refractivity contribution in [2.24, 2.45) is 5.92 Å². The van der Waals surface area contributed by atoms with Crippen LogP contribution in [0.15, 0.2) is 54.9 Å². The number of aromatic nitrogens is 3. The fraction of sp³-hybridized carbons (Fsp3) is 0.370. The molecule has 0 amide bonds. The van der Waals surface area contributed by atoms with Gasteiger partial charge in [0.2, 0.25) is 15.9 Å². The molecule has 1 aliphatic rings. The summed E-state index contributed by atoms with van der Waals surface area (Å²) in [5.74, 6) is 1.43. The minimum atomic E-state index is -3.18. The molecule has 37 heavy (non-hydrogen) atoms. The van der Waals surface area contributed by atoms with Crippen LogP contribution in [0.2, 0.25) is 5.02 Å². The number of ether oxygens (including phenoxy) is 1. The largest absolute Gasteiger partial charge is 0.474 e. The highest BCUT2D eigenvalue weighted by atomic mass is 35.5. The Labute approximate surface area is 222 Å². The molecule has 0 radical (unpaired) electrons. The Morgan fingerprint density at radius 1 is 1.08 bits per heavy atom. The molecule has 194 valence electrons. The summed E-state index contributed by atoms with van der Waals surface area (Å²) in [6.45, 7) is 5.05. The molecule has 1 saturated heterocycles. The first-order chi connectivity index (χ1) is 17.7. The molecule has 8 nitrogen and oxygen atoms in total. The second-order valence-electron chi connectivity index (χ2n) is 9.62. The maximum absolute atomic E-state index is 11.9. The topological polar surface area (TPSA) is 97.3 Å². The molecule has 1 N–H and O–H groups in total. The predicted molar refractivity (Wildman–Crippen MR) is 148 cm³/mol. The third-order valence-corrected chi connectivity index (χ3v) is 8.68. The third-order valence-electron chi connectivity index (χ3n) is 7.06. The van der Waals surface area contributed by atoms with Crippen LogP contribution in [-0.2, 0) is 10.0 Å². The molecule has 5 rings (SSSR count). The molecule has 10 heteroatoms. The van der Waals surface area contributed by atoms with Crippen molar-refractivity contribution in [3.63, 3.8) is 0 Å². The first kappa shape index (κ1) is 25.6. The van der Waals surface area contributed by atoms with Crippen LogP contribution in [0.1, 0.15) is 38.4 Å². The number of para-hydroxylation sites is 1. The highest BCUT2D eigenvalue weighted by Crippen LogP contribution is 2.35. The van der Waals surface area contributed by atoms with Crippen molar-refractivity contribution >= 4 is 49.1 Å². The second-order valence-corrected chi connectivity index (χ2v) is 12.0. The summed E-state index contributed by atoms with van der Waals surface area (Å²) in [6, 6.07) is 15.5. The van der Waals surface area contributed by atoms with Crippen molar-refractivity contribution in [1.82, 2.24) is 19.3 Å². The highest BCUT2D eigenvalue weighted by Gasteiger charge is 2.30. The summed E-state index contributed by atoms with van der Waals surface area (Å²) in [4.78, 5) is 13.7. The lowest BCUT2D eigenvalue weighted by molar-refractivity contribution is 0.109. The monoisotopic (exact) mass is 539 g/mol. The number of benzene rings is 2. The maximum Gasteiger partial charge on any atom is 0.223 e. The number of anilines is 1. The molecule has 2 aromatic heterocycles. The number of fused-ring (bicyclic) bond motifs is 2. The van der Waals surface area contributed by atoms with Crippen LogP contribution in [0.4, 0.5) is 5.82 Å². The smallest absolute Gasteiger partial charge is 0.223 e. The molecule has 3 heterocycles. The molecule has 2 atom stereocenters. The number of sulfonamides is 1. The molecule has 0 spiro atoms. The van der Waals surface area contributed by atoms with E-state index < -0.39 is 10.0 Å². The van der Waals surface area contributed by atoms with Gasteiger partial charge < -0.3 is 10.1 Å². The fourth-order valence-corrected chi connectivity index (χ4v) is 6.04. The van der Waals surface area contributed by atoms with Gasteiger partial charge >= 0.3 is 0 Å². The number of halogens is 1. The minimum absolute atomic E-state index is 0.155. The van der Waals surface area contributed by atoms with E-state index in [-0.39, 0.29) is 18.1 Å². The normalized spacial score (nSPS) is 17.1. The van der Waals surface area contributed by atoms with E-state index in [9.17, 15) is 8.42 Å². The summed E-state index contributed by atoms with van der Waals surface area (Å²) < 4.78 is 31.8. The van der Waals surface area contributed by atoms with Crippen LogP contribution in [-0.4, -0.2) is 53.1 Å². The first-order valence-electron chi connectivity index (χ1n) is 12.4. The lowest BCUT2D eigenvalue weighted by Crippen LogP contribution is -2.41. The van der Waals surface area contributed by atoms with E-state index in [1.54, 1.807) is 6.33 Å². The Morgan fingerprint density at radius 3 is 2.59 bits per heavy atom. The molecule has 4 aromatic rings. The SMILES string of the molecule is CC(Nc1ncnc2ccccc12)c1cc2cccc(Cl)c2c(OC(C)C2CCN(S(C)(=O)=O)CC2)n1. The van der Waals surface area contributed by atoms with E-state index >= 15 is 0 Å². The Balaban J connectivity index is 1.42. The standard InChI is InChI=1S/C27H30ClN5O3S/c1-17(31-26-21-8-4-5-10-23(21)29-16-30-26)24-15-20-7-6-9-22(28)25(20)27(32-24)36-18(2)19-11-13-33(14-12-19)37(3,34)35/h4-10,15-19H,11-14H2,1-3H3,(H,29,30,31). The Bertz CT molecular complexity index is 1530. The zero-order valence-corrected chi connectivity index (χ0v) is 22.6. The number of hydrogen-bond acceptors (Lipinski definition) is 7. The maximum atomic E-state index is 11.9. The summed E-state index contributed by atoms with van der Waals surface area (Å²) in [5, 5.41) is 6.70. The van der Waals surface area contributed by atoms with Gasteiger partial charge in [-0.2, -0.15) is 0 Å². The Kier molecular flexibility index (Phi) is 7.20. The quantitative estimate of drug-likeness (QED) is 0.334. The summed E-state index contributed by atoms with van der Waals surface area (Å²) in [7, 11) is -3.18. The molecule has 1 fully saturated rings. The summed E-state index contributed by atoms with van der Waals surface area (Å²) in [6.07, 6.45) is 4.13. The van der Waals surface area contributed by atoms with Gasteiger partial charge in [-0.25, -0.2) is 27.7 Å². The molecule has 2 unspecified atom stereocenters.